The van der Waals surface area contributed by atoms with Crippen LogP contribution in [0.25, 0.3) is 0 Å². The van der Waals surface area contributed by atoms with Crippen molar-refractivity contribution in [2.45, 2.75) is 38.2 Å². The fourth-order valence-electron chi connectivity index (χ4n) is 3.25. The summed E-state index contributed by atoms with van der Waals surface area (Å²) in [5.74, 6) is 0.299. The minimum atomic E-state index is -0.466. The van der Waals surface area contributed by atoms with Crippen molar-refractivity contribution < 1.29 is 9.53 Å². The van der Waals surface area contributed by atoms with Crippen LogP contribution in [0, 0.1) is 6.92 Å². The van der Waals surface area contributed by atoms with Gasteiger partial charge in [0.2, 0.25) is 5.91 Å². The number of carbonyl (C=O) groups is 1. The van der Waals surface area contributed by atoms with Crippen molar-refractivity contribution in [2.75, 3.05) is 11.9 Å². The molecular formula is C18H19N3O2. The number of benzene rings is 1. The Bertz CT molecular complexity index is 783. The summed E-state index contributed by atoms with van der Waals surface area (Å²) in [5, 5.41) is 11.3. The SMILES string of the molecule is Cc1ccc(C2OCC2c2ccc3c(c2)NC(=O)C3(C)C)nn1. The van der Waals surface area contributed by atoms with E-state index < -0.39 is 5.41 Å². The van der Waals surface area contributed by atoms with E-state index in [2.05, 4.69) is 33.7 Å². The molecule has 0 radical (unpaired) electrons. The van der Waals surface area contributed by atoms with Crippen LogP contribution in [0.4, 0.5) is 5.69 Å². The second-order valence-corrected chi connectivity index (χ2v) is 6.84. The first-order valence-electron chi connectivity index (χ1n) is 7.84. The lowest BCUT2D eigenvalue weighted by Crippen LogP contribution is -2.31. The van der Waals surface area contributed by atoms with Crippen LogP contribution in [0.3, 0.4) is 0 Å². The highest BCUT2D eigenvalue weighted by molar-refractivity contribution is 6.05. The zero-order chi connectivity index (χ0) is 16.2. The van der Waals surface area contributed by atoms with Gasteiger partial charge in [0.25, 0.3) is 0 Å². The lowest BCUT2D eigenvalue weighted by molar-refractivity contribution is -0.119. The summed E-state index contributed by atoms with van der Waals surface area (Å²) >= 11 is 0. The van der Waals surface area contributed by atoms with Crippen LogP contribution in [0.2, 0.25) is 0 Å². The predicted molar refractivity (Wildman–Crippen MR) is 86.3 cm³/mol. The number of carbonyl (C=O) groups excluding carboxylic acids is 1. The number of anilines is 1. The molecule has 0 bridgehead atoms. The van der Waals surface area contributed by atoms with Crippen molar-refractivity contribution in [3.05, 3.63) is 52.8 Å². The Morgan fingerprint density at radius 3 is 2.70 bits per heavy atom. The van der Waals surface area contributed by atoms with E-state index in [1.165, 1.54) is 5.56 Å². The number of amides is 1. The highest BCUT2D eigenvalue weighted by Gasteiger charge is 2.40. The molecule has 3 heterocycles. The summed E-state index contributed by atoms with van der Waals surface area (Å²) in [4.78, 5) is 12.1. The molecule has 4 rings (SSSR count). The number of aryl methyl sites for hydroxylation is 1. The third-order valence-corrected chi connectivity index (χ3v) is 4.89. The van der Waals surface area contributed by atoms with Crippen molar-refractivity contribution in [1.82, 2.24) is 10.2 Å². The molecule has 1 aromatic heterocycles. The normalized spacial score (nSPS) is 24.7. The topological polar surface area (TPSA) is 64.1 Å². The second kappa shape index (κ2) is 4.86. The van der Waals surface area contributed by atoms with Crippen LogP contribution in [0.15, 0.2) is 30.3 Å². The first kappa shape index (κ1) is 14.3. The number of nitrogens with one attached hydrogen (secondary N) is 1. The summed E-state index contributed by atoms with van der Waals surface area (Å²) in [5.41, 5.74) is 4.42. The smallest absolute Gasteiger partial charge is 0.234 e. The maximum Gasteiger partial charge on any atom is 0.234 e. The van der Waals surface area contributed by atoms with E-state index in [-0.39, 0.29) is 17.9 Å². The molecule has 118 valence electrons. The van der Waals surface area contributed by atoms with Crippen LogP contribution in [0.1, 0.15) is 48.4 Å². The van der Waals surface area contributed by atoms with Crippen LogP contribution in [0.5, 0.6) is 0 Å². The summed E-state index contributed by atoms with van der Waals surface area (Å²) in [6.07, 6.45) is -0.0636. The summed E-state index contributed by atoms with van der Waals surface area (Å²) in [6.45, 7) is 6.48. The van der Waals surface area contributed by atoms with Gasteiger partial charge in [-0.25, -0.2) is 0 Å². The van der Waals surface area contributed by atoms with Crippen molar-refractivity contribution >= 4 is 11.6 Å². The average Bonchev–Trinajstić information content (AvgIpc) is 2.70. The Kier molecular flexibility index (Phi) is 3.03. The standard InChI is InChI=1S/C18H19N3O2/c1-10-4-7-14(21-20-10)16-12(9-23-16)11-5-6-13-15(8-11)19-17(22)18(13,2)3/h4-8,12,16H,9H2,1-3H3,(H,19,22). The third-order valence-electron chi connectivity index (χ3n) is 4.89. The molecule has 0 spiro atoms. The molecule has 0 aliphatic carbocycles. The van der Waals surface area contributed by atoms with Gasteiger partial charge in [0.1, 0.15) is 6.10 Å². The Morgan fingerprint density at radius 2 is 2.04 bits per heavy atom. The average molecular weight is 309 g/mol. The summed E-state index contributed by atoms with van der Waals surface area (Å²) in [7, 11) is 0. The van der Waals surface area contributed by atoms with Crippen molar-refractivity contribution in [2.24, 2.45) is 0 Å². The van der Waals surface area contributed by atoms with Gasteiger partial charge in [-0.15, -0.1) is 0 Å². The molecule has 0 saturated carbocycles. The van der Waals surface area contributed by atoms with Crippen molar-refractivity contribution in [3.63, 3.8) is 0 Å². The second-order valence-electron chi connectivity index (χ2n) is 6.84. The molecule has 23 heavy (non-hydrogen) atoms. The number of nitrogens with zero attached hydrogens (tertiary/aromatic N) is 2. The molecule has 1 amide bonds. The van der Waals surface area contributed by atoms with E-state index in [9.17, 15) is 4.79 Å². The number of hydrogen-bond donors (Lipinski definition) is 1. The highest BCUT2D eigenvalue weighted by atomic mass is 16.5. The van der Waals surface area contributed by atoms with E-state index in [1.807, 2.05) is 32.9 Å². The summed E-state index contributed by atoms with van der Waals surface area (Å²) < 4.78 is 5.72. The number of fused-ring (bicyclic) bond motifs is 1. The molecule has 5 heteroatoms. The fourth-order valence-corrected chi connectivity index (χ4v) is 3.25. The minimum Gasteiger partial charge on any atom is -0.370 e. The molecule has 2 aliphatic rings. The molecular weight excluding hydrogens is 290 g/mol. The first-order valence-corrected chi connectivity index (χ1v) is 7.84. The zero-order valence-corrected chi connectivity index (χ0v) is 13.5. The van der Waals surface area contributed by atoms with Gasteiger partial charge in [0.05, 0.1) is 23.4 Å². The monoisotopic (exact) mass is 309 g/mol. The maximum atomic E-state index is 12.1. The Morgan fingerprint density at radius 1 is 1.22 bits per heavy atom. The molecule has 2 atom stereocenters. The van der Waals surface area contributed by atoms with Gasteiger partial charge in [-0.2, -0.15) is 10.2 Å². The van der Waals surface area contributed by atoms with Crippen LogP contribution >= 0.6 is 0 Å². The van der Waals surface area contributed by atoms with E-state index >= 15 is 0 Å². The quantitative estimate of drug-likeness (QED) is 0.926. The van der Waals surface area contributed by atoms with E-state index in [0.717, 1.165) is 22.6 Å². The maximum absolute atomic E-state index is 12.1. The molecule has 1 aromatic carbocycles. The van der Waals surface area contributed by atoms with E-state index in [1.54, 1.807) is 0 Å². The van der Waals surface area contributed by atoms with Crippen LogP contribution in [-0.4, -0.2) is 22.7 Å². The van der Waals surface area contributed by atoms with Gasteiger partial charge in [0, 0.05) is 11.6 Å². The lowest BCUT2D eigenvalue weighted by Gasteiger charge is -2.36. The van der Waals surface area contributed by atoms with Crippen molar-refractivity contribution in [3.8, 4) is 0 Å². The number of rotatable bonds is 2. The predicted octanol–water partition coefficient (Wildman–Crippen LogP) is 2.87. The van der Waals surface area contributed by atoms with Gasteiger partial charge < -0.3 is 10.1 Å². The minimum absolute atomic E-state index is 0.0514. The number of aromatic nitrogens is 2. The molecule has 1 fully saturated rings. The molecule has 5 nitrogen and oxygen atoms in total. The van der Waals surface area contributed by atoms with Gasteiger partial charge >= 0.3 is 0 Å². The lowest BCUT2D eigenvalue weighted by atomic mass is 9.83. The van der Waals surface area contributed by atoms with Gasteiger partial charge in [-0.3, -0.25) is 4.79 Å². The van der Waals surface area contributed by atoms with Gasteiger partial charge in [0.15, 0.2) is 0 Å². The molecule has 2 aliphatic heterocycles. The molecule has 2 unspecified atom stereocenters. The Labute approximate surface area is 135 Å². The fraction of sp³-hybridized carbons (Fsp3) is 0.389. The molecule has 2 aromatic rings. The van der Waals surface area contributed by atoms with Crippen molar-refractivity contribution in [1.29, 1.82) is 0 Å². The van der Waals surface area contributed by atoms with Gasteiger partial charge in [-0.05, 0) is 50.1 Å². The Hall–Kier alpha value is -2.27. The van der Waals surface area contributed by atoms with Crippen LogP contribution in [-0.2, 0) is 14.9 Å². The molecule has 1 N–H and O–H groups in total. The highest BCUT2D eigenvalue weighted by Crippen LogP contribution is 2.45. The van der Waals surface area contributed by atoms with E-state index in [0.29, 0.717) is 6.61 Å². The molecule has 1 saturated heterocycles. The summed E-state index contributed by atoms with van der Waals surface area (Å²) in [6, 6.07) is 10.1. The first-order chi connectivity index (χ1) is 11.0. The largest absolute Gasteiger partial charge is 0.370 e. The van der Waals surface area contributed by atoms with E-state index in [4.69, 9.17) is 4.74 Å². The zero-order valence-electron chi connectivity index (χ0n) is 13.5. The third kappa shape index (κ3) is 2.15. The van der Waals surface area contributed by atoms with Gasteiger partial charge in [-0.1, -0.05) is 12.1 Å². The Balaban J connectivity index is 1.64. The number of hydrogen-bond acceptors (Lipinski definition) is 4. The number of ether oxygens (including phenoxy) is 1. The van der Waals surface area contributed by atoms with Crippen LogP contribution < -0.4 is 5.32 Å².